The molecule has 1 saturated carbocycles. The second-order valence-electron chi connectivity index (χ2n) is 6.50. The van der Waals surface area contributed by atoms with E-state index in [4.69, 9.17) is 5.73 Å². The van der Waals surface area contributed by atoms with Crippen LogP contribution in [0.4, 0.5) is 13.2 Å². The third-order valence-electron chi connectivity index (χ3n) is 4.30. The van der Waals surface area contributed by atoms with Gasteiger partial charge >= 0.3 is 6.18 Å². The van der Waals surface area contributed by atoms with Gasteiger partial charge in [0.15, 0.2) is 0 Å². The van der Waals surface area contributed by atoms with Gasteiger partial charge in [0.1, 0.15) is 5.54 Å². The van der Waals surface area contributed by atoms with Crippen LogP contribution < -0.4 is 11.1 Å². The number of halogens is 3. The summed E-state index contributed by atoms with van der Waals surface area (Å²) in [4.78, 5) is 27.3. The first-order chi connectivity index (χ1) is 11.5. The largest absolute Gasteiger partial charge is 0.449 e. The van der Waals surface area contributed by atoms with Gasteiger partial charge in [0.25, 0.3) is 5.91 Å². The molecule has 1 heterocycles. The van der Waals surface area contributed by atoms with E-state index in [1.54, 1.807) is 13.8 Å². The lowest BCUT2D eigenvalue weighted by molar-refractivity contribution is -0.147. The number of hydrogen-bond donors (Lipinski definition) is 2. The molecular formula is C16H17F3N4O2. The molecule has 2 amide bonds. The van der Waals surface area contributed by atoms with E-state index in [9.17, 15) is 22.8 Å². The summed E-state index contributed by atoms with van der Waals surface area (Å²) in [7, 11) is 0. The second-order valence-corrected chi connectivity index (χ2v) is 6.50. The molecule has 1 fully saturated rings. The first kappa shape index (κ1) is 17.2. The molecule has 0 bridgehead atoms. The maximum absolute atomic E-state index is 13.2. The van der Waals surface area contributed by atoms with Crippen LogP contribution in [-0.4, -0.2) is 26.9 Å². The monoisotopic (exact) mass is 354 g/mol. The van der Waals surface area contributed by atoms with E-state index < -0.39 is 35.4 Å². The van der Waals surface area contributed by atoms with Gasteiger partial charge in [-0.05, 0) is 44.9 Å². The van der Waals surface area contributed by atoms with Crippen molar-refractivity contribution in [1.29, 1.82) is 0 Å². The summed E-state index contributed by atoms with van der Waals surface area (Å²) in [5, 5.41) is 2.55. The molecule has 134 valence electrons. The third-order valence-corrected chi connectivity index (χ3v) is 4.30. The van der Waals surface area contributed by atoms with Crippen molar-refractivity contribution < 1.29 is 22.8 Å². The summed E-state index contributed by atoms with van der Waals surface area (Å²) in [6.07, 6.45) is -3.69. The number of amides is 2. The van der Waals surface area contributed by atoms with Gasteiger partial charge in [-0.3, -0.25) is 9.59 Å². The number of carbonyl (C=O) groups excluding carboxylic acids is 2. The van der Waals surface area contributed by atoms with Gasteiger partial charge in [0.05, 0.1) is 11.0 Å². The van der Waals surface area contributed by atoms with Crippen LogP contribution in [0.2, 0.25) is 0 Å². The normalized spacial score (nSPS) is 16.2. The van der Waals surface area contributed by atoms with Gasteiger partial charge in [-0.15, -0.1) is 0 Å². The number of carbonyl (C=O) groups is 2. The van der Waals surface area contributed by atoms with Crippen molar-refractivity contribution in [2.45, 2.75) is 44.4 Å². The molecular weight excluding hydrogens is 337 g/mol. The lowest BCUT2D eigenvalue weighted by atomic mass is 10.1. The molecule has 9 heteroatoms. The van der Waals surface area contributed by atoms with Gasteiger partial charge in [-0.2, -0.15) is 13.2 Å². The zero-order valence-electron chi connectivity index (χ0n) is 13.6. The van der Waals surface area contributed by atoms with Crippen molar-refractivity contribution in [3.63, 3.8) is 0 Å². The van der Waals surface area contributed by atoms with Gasteiger partial charge < -0.3 is 15.6 Å². The molecule has 1 aromatic heterocycles. The summed E-state index contributed by atoms with van der Waals surface area (Å²) >= 11 is 0. The van der Waals surface area contributed by atoms with Crippen LogP contribution in [0, 0.1) is 0 Å². The summed E-state index contributed by atoms with van der Waals surface area (Å²) in [5.74, 6) is -2.19. The van der Waals surface area contributed by atoms with E-state index in [-0.39, 0.29) is 16.6 Å². The summed E-state index contributed by atoms with van der Waals surface area (Å²) in [6, 6.07) is 3.67. The highest BCUT2D eigenvalue weighted by Crippen LogP contribution is 2.36. The lowest BCUT2D eigenvalue weighted by Crippen LogP contribution is -2.46. The molecule has 1 aromatic carbocycles. The number of primary amides is 1. The first-order valence-corrected chi connectivity index (χ1v) is 7.77. The Morgan fingerprint density at radius 1 is 1.32 bits per heavy atom. The topological polar surface area (TPSA) is 90.0 Å². The van der Waals surface area contributed by atoms with Crippen LogP contribution in [0.5, 0.6) is 0 Å². The van der Waals surface area contributed by atoms with Crippen LogP contribution >= 0.6 is 0 Å². The Morgan fingerprint density at radius 3 is 2.44 bits per heavy atom. The van der Waals surface area contributed by atoms with Crippen LogP contribution in [0.25, 0.3) is 11.0 Å². The molecule has 1 aliphatic carbocycles. The summed E-state index contributed by atoms with van der Waals surface area (Å²) in [6.45, 7) is 3.25. The molecule has 0 atom stereocenters. The van der Waals surface area contributed by atoms with Crippen molar-refractivity contribution in [2.75, 3.05) is 0 Å². The van der Waals surface area contributed by atoms with Crippen molar-refractivity contribution >= 4 is 22.8 Å². The van der Waals surface area contributed by atoms with Crippen LogP contribution in [0.1, 0.15) is 48.9 Å². The fourth-order valence-corrected chi connectivity index (χ4v) is 2.81. The van der Waals surface area contributed by atoms with E-state index in [1.165, 1.54) is 18.2 Å². The molecule has 0 radical (unpaired) electrons. The van der Waals surface area contributed by atoms with Crippen LogP contribution in [-0.2, 0) is 11.0 Å². The van der Waals surface area contributed by atoms with Gasteiger partial charge in [-0.1, -0.05) is 0 Å². The predicted octanol–water partition coefficient (Wildman–Crippen LogP) is 2.38. The zero-order valence-corrected chi connectivity index (χ0v) is 13.6. The fourth-order valence-electron chi connectivity index (χ4n) is 2.81. The molecule has 0 aliphatic heterocycles. The number of fused-ring (bicyclic) bond motifs is 1. The Morgan fingerprint density at radius 2 is 1.96 bits per heavy atom. The van der Waals surface area contributed by atoms with E-state index in [1.807, 2.05) is 0 Å². The predicted molar refractivity (Wildman–Crippen MR) is 83.7 cm³/mol. The number of nitrogens with one attached hydrogen (secondary N) is 1. The molecule has 6 nitrogen and oxygen atoms in total. The number of nitrogens with zero attached hydrogens (tertiary/aromatic N) is 2. The minimum atomic E-state index is -4.60. The Bertz CT molecular complexity index is 866. The first-order valence-electron chi connectivity index (χ1n) is 7.77. The Kier molecular flexibility index (Phi) is 3.77. The third kappa shape index (κ3) is 2.94. The van der Waals surface area contributed by atoms with E-state index in [0.29, 0.717) is 12.8 Å². The summed E-state index contributed by atoms with van der Waals surface area (Å²) < 4.78 is 40.7. The van der Waals surface area contributed by atoms with E-state index >= 15 is 0 Å². The average Bonchev–Trinajstić information content (AvgIpc) is 3.17. The number of hydrogen-bond acceptors (Lipinski definition) is 3. The van der Waals surface area contributed by atoms with Gasteiger partial charge in [0.2, 0.25) is 11.7 Å². The zero-order chi connectivity index (χ0) is 18.6. The van der Waals surface area contributed by atoms with Crippen molar-refractivity contribution in [3.8, 4) is 0 Å². The van der Waals surface area contributed by atoms with Crippen molar-refractivity contribution in [2.24, 2.45) is 5.73 Å². The molecule has 25 heavy (non-hydrogen) atoms. The smallest absolute Gasteiger partial charge is 0.368 e. The number of benzene rings is 1. The molecule has 3 rings (SSSR count). The Labute approximate surface area is 141 Å². The molecule has 2 aromatic rings. The molecule has 1 aliphatic rings. The van der Waals surface area contributed by atoms with Gasteiger partial charge in [-0.25, -0.2) is 4.98 Å². The summed E-state index contributed by atoms with van der Waals surface area (Å²) in [5.41, 5.74) is 4.70. The van der Waals surface area contributed by atoms with Gasteiger partial charge in [0, 0.05) is 11.6 Å². The molecule has 0 saturated heterocycles. The van der Waals surface area contributed by atoms with E-state index in [0.717, 1.165) is 4.57 Å². The number of rotatable bonds is 4. The highest BCUT2D eigenvalue weighted by molar-refractivity contribution is 6.02. The minimum absolute atomic E-state index is 0.0672. The number of aromatic nitrogens is 2. The number of imidazole rings is 1. The Hall–Kier alpha value is -2.58. The van der Waals surface area contributed by atoms with Crippen LogP contribution in [0.15, 0.2) is 18.2 Å². The van der Waals surface area contributed by atoms with E-state index in [2.05, 4.69) is 10.3 Å². The van der Waals surface area contributed by atoms with Crippen molar-refractivity contribution in [1.82, 2.24) is 14.9 Å². The highest BCUT2D eigenvalue weighted by atomic mass is 19.4. The molecule has 0 spiro atoms. The standard InChI is InChI=1S/C16H17F3N4O2/c1-8(2)23-11-4-3-9(7-10(11)21-14(23)16(17,18)19)12(24)22-15(5-6-15)13(20)25/h3-4,7-8H,5-6H2,1-2H3,(H2,20,25)(H,22,24). The maximum atomic E-state index is 13.2. The number of nitrogens with two attached hydrogens (primary N) is 1. The Balaban J connectivity index is 2.00. The minimum Gasteiger partial charge on any atom is -0.368 e. The fraction of sp³-hybridized carbons (Fsp3) is 0.438. The maximum Gasteiger partial charge on any atom is 0.449 e. The quantitative estimate of drug-likeness (QED) is 0.883. The average molecular weight is 354 g/mol. The van der Waals surface area contributed by atoms with Crippen molar-refractivity contribution in [3.05, 3.63) is 29.6 Å². The number of alkyl halides is 3. The highest BCUT2D eigenvalue weighted by Gasteiger charge is 2.50. The SMILES string of the molecule is CC(C)n1c(C(F)(F)F)nc2cc(C(=O)NC3(C(N)=O)CC3)ccc21. The van der Waals surface area contributed by atoms with Crippen LogP contribution in [0.3, 0.4) is 0 Å². The second kappa shape index (κ2) is 5.47. The molecule has 0 unspecified atom stereocenters. The molecule has 3 N–H and O–H groups in total. The lowest BCUT2D eigenvalue weighted by Gasteiger charge is -2.15.